The SMILES string of the molecule is CC(Nc1cccc(F)c1)c1ccc(Br)cc1Cl. The van der Waals surface area contributed by atoms with E-state index in [9.17, 15) is 4.39 Å². The van der Waals surface area contributed by atoms with Crippen LogP contribution < -0.4 is 5.32 Å². The zero-order chi connectivity index (χ0) is 13.1. The second-order valence-corrected chi connectivity index (χ2v) is 5.37. The summed E-state index contributed by atoms with van der Waals surface area (Å²) in [4.78, 5) is 0. The molecule has 1 N–H and O–H groups in total. The lowest BCUT2D eigenvalue weighted by Crippen LogP contribution is -2.07. The van der Waals surface area contributed by atoms with Crippen LogP contribution in [0.3, 0.4) is 0 Å². The Kier molecular flexibility index (Phi) is 4.25. The van der Waals surface area contributed by atoms with Gasteiger partial charge in [0.25, 0.3) is 0 Å². The maximum Gasteiger partial charge on any atom is 0.125 e. The van der Waals surface area contributed by atoms with Gasteiger partial charge in [0.05, 0.1) is 0 Å². The summed E-state index contributed by atoms with van der Waals surface area (Å²) < 4.78 is 14.0. The molecule has 0 aromatic heterocycles. The highest BCUT2D eigenvalue weighted by Crippen LogP contribution is 2.28. The summed E-state index contributed by atoms with van der Waals surface area (Å²) in [5.74, 6) is -0.255. The molecule has 0 aliphatic heterocycles. The van der Waals surface area contributed by atoms with Crippen LogP contribution in [-0.2, 0) is 0 Å². The molecule has 0 spiro atoms. The molecule has 1 unspecified atom stereocenters. The number of rotatable bonds is 3. The van der Waals surface area contributed by atoms with Gasteiger partial charge in [0.2, 0.25) is 0 Å². The van der Waals surface area contributed by atoms with E-state index >= 15 is 0 Å². The van der Waals surface area contributed by atoms with Crippen molar-refractivity contribution in [2.75, 3.05) is 5.32 Å². The number of halogens is 3. The molecule has 0 saturated heterocycles. The van der Waals surface area contributed by atoms with E-state index in [0.717, 1.165) is 15.7 Å². The van der Waals surface area contributed by atoms with Crippen LogP contribution >= 0.6 is 27.5 Å². The number of hydrogen-bond acceptors (Lipinski definition) is 1. The predicted octanol–water partition coefficient (Wildman–Crippen LogP) is 5.41. The highest BCUT2D eigenvalue weighted by atomic mass is 79.9. The molecule has 1 nitrogen and oxygen atoms in total. The fourth-order valence-corrected chi connectivity index (χ4v) is 2.60. The van der Waals surface area contributed by atoms with Gasteiger partial charge in [0.1, 0.15) is 5.82 Å². The Labute approximate surface area is 119 Å². The van der Waals surface area contributed by atoms with Gasteiger partial charge >= 0.3 is 0 Å². The molecule has 0 fully saturated rings. The molecule has 0 heterocycles. The van der Waals surface area contributed by atoms with Crippen molar-refractivity contribution in [2.45, 2.75) is 13.0 Å². The van der Waals surface area contributed by atoms with Crippen LogP contribution in [0.2, 0.25) is 5.02 Å². The Bertz CT molecular complexity index is 559. The Morgan fingerprint density at radius 2 is 2.00 bits per heavy atom. The second kappa shape index (κ2) is 5.72. The molecule has 2 rings (SSSR count). The Morgan fingerprint density at radius 3 is 2.67 bits per heavy atom. The van der Waals surface area contributed by atoms with E-state index in [0.29, 0.717) is 5.02 Å². The minimum absolute atomic E-state index is 0.00685. The summed E-state index contributed by atoms with van der Waals surface area (Å²) in [6.45, 7) is 1.99. The second-order valence-electron chi connectivity index (χ2n) is 4.04. The lowest BCUT2D eigenvalue weighted by Gasteiger charge is -2.17. The molecule has 0 saturated carbocycles. The fraction of sp³-hybridized carbons (Fsp3) is 0.143. The fourth-order valence-electron chi connectivity index (χ4n) is 1.76. The number of benzene rings is 2. The third kappa shape index (κ3) is 3.24. The average molecular weight is 329 g/mol. The largest absolute Gasteiger partial charge is 0.378 e. The number of anilines is 1. The lowest BCUT2D eigenvalue weighted by atomic mass is 10.1. The lowest BCUT2D eigenvalue weighted by molar-refractivity contribution is 0.628. The molecular weight excluding hydrogens is 317 g/mol. The van der Waals surface area contributed by atoms with Crippen molar-refractivity contribution >= 4 is 33.2 Å². The standard InChI is InChI=1S/C14H12BrClFN/c1-9(13-6-5-10(15)7-14(13)16)18-12-4-2-3-11(17)8-12/h2-9,18H,1H3. The zero-order valence-corrected chi connectivity index (χ0v) is 12.1. The molecule has 4 heteroatoms. The van der Waals surface area contributed by atoms with Crippen LogP contribution in [0.5, 0.6) is 0 Å². The van der Waals surface area contributed by atoms with E-state index in [4.69, 9.17) is 11.6 Å². The van der Waals surface area contributed by atoms with E-state index in [1.54, 1.807) is 6.07 Å². The first kappa shape index (κ1) is 13.4. The predicted molar refractivity (Wildman–Crippen MR) is 77.6 cm³/mol. The average Bonchev–Trinajstić information content (AvgIpc) is 2.28. The Balaban J connectivity index is 2.19. The minimum Gasteiger partial charge on any atom is -0.378 e. The van der Waals surface area contributed by atoms with Crippen molar-refractivity contribution < 1.29 is 4.39 Å². The summed E-state index contributed by atoms with van der Waals surface area (Å²) in [5, 5.41) is 3.90. The van der Waals surface area contributed by atoms with Crippen molar-refractivity contribution in [3.63, 3.8) is 0 Å². The van der Waals surface area contributed by atoms with Gasteiger partial charge in [-0.1, -0.05) is 39.7 Å². The van der Waals surface area contributed by atoms with Gasteiger partial charge in [0.15, 0.2) is 0 Å². The van der Waals surface area contributed by atoms with Crippen LogP contribution in [-0.4, -0.2) is 0 Å². The number of nitrogens with one attached hydrogen (secondary N) is 1. The van der Waals surface area contributed by atoms with E-state index in [1.807, 2.05) is 31.2 Å². The van der Waals surface area contributed by atoms with E-state index < -0.39 is 0 Å². The van der Waals surface area contributed by atoms with Crippen LogP contribution in [0.25, 0.3) is 0 Å². The minimum atomic E-state index is -0.255. The molecule has 0 amide bonds. The zero-order valence-electron chi connectivity index (χ0n) is 9.75. The number of hydrogen-bond donors (Lipinski definition) is 1. The summed E-state index contributed by atoms with van der Waals surface area (Å²) in [7, 11) is 0. The summed E-state index contributed by atoms with van der Waals surface area (Å²) in [6.07, 6.45) is 0. The first-order valence-electron chi connectivity index (χ1n) is 5.53. The quantitative estimate of drug-likeness (QED) is 0.794. The maximum absolute atomic E-state index is 13.1. The van der Waals surface area contributed by atoms with Crippen LogP contribution in [0.1, 0.15) is 18.5 Å². The molecular formula is C14H12BrClFN. The van der Waals surface area contributed by atoms with Crippen LogP contribution in [0, 0.1) is 5.82 Å². The summed E-state index contributed by atoms with van der Waals surface area (Å²) in [5.41, 5.74) is 1.71. The smallest absolute Gasteiger partial charge is 0.125 e. The molecule has 0 radical (unpaired) electrons. The summed E-state index contributed by atoms with van der Waals surface area (Å²) >= 11 is 9.55. The van der Waals surface area contributed by atoms with Gasteiger partial charge < -0.3 is 5.32 Å². The molecule has 1 atom stereocenters. The van der Waals surface area contributed by atoms with Crippen molar-refractivity contribution in [1.29, 1.82) is 0 Å². The van der Waals surface area contributed by atoms with Gasteiger partial charge in [-0.15, -0.1) is 0 Å². The normalized spacial score (nSPS) is 12.2. The van der Waals surface area contributed by atoms with Gasteiger partial charge in [0, 0.05) is 21.2 Å². The molecule has 0 aliphatic rings. The Morgan fingerprint density at radius 1 is 1.22 bits per heavy atom. The van der Waals surface area contributed by atoms with E-state index in [-0.39, 0.29) is 11.9 Å². The highest BCUT2D eigenvalue weighted by molar-refractivity contribution is 9.10. The topological polar surface area (TPSA) is 12.0 Å². The van der Waals surface area contributed by atoms with E-state index in [1.165, 1.54) is 12.1 Å². The van der Waals surface area contributed by atoms with Crippen molar-refractivity contribution in [3.8, 4) is 0 Å². The molecule has 94 valence electrons. The molecule has 0 aliphatic carbocycles. The van der Waals surface area contributed by atoms with Gasteiger partial charge in [-0.2, -0.15) is 0 Å². The van der Waals surface area contributed by atoms with Crippen LogP contribution in [0.15, 0.2) is 46.9 Å². The third-order valence-electron chi connectivity index (χ3n) is 2.64. The van der Waals surface area contributed by atoms with Crippen molar-refractivity contribution in [3.05, 3.63) is 63.3 Å². The van der Waals surface area contributed by atoms with Gasteiger partial charge in [-0.25, -0.2) is 4.39 Å². The molecule has 18 heavy (non-hydrogen) atoms. The van der Waals surface area contributed by atoms with Gasteiger partial charge in [-0.05, 0) is 42.8 Å². The van der Waals surface area contributed by atoms with E-state index in [2.05, 4.69) is 21.2 Å². The highest BCUT2D eigenvalue weighted by Gasteiger charge is 2.10. The maximum atomic E-state index is 13.1. The molecule has 2 aromatic rings. The van der Waals surface area contributed by atoms with Gasteiger partial charge in [-0.3, -0.25) is 0 Å². The van der Waals surface area contributed by atoms with Crippen molar-refractivity contribution in [1.82, 2.24) is 0 Å². The monoisotopic (exact) mass is 327 g/mol. The summed E-state index contributed by atoms with van der Waals surface area (Å²) in [6, 6.07) is 12.1. The first-order chi connectivity index (χ1) is 8.56. The molecule has 2 aromatic carbocycles. The van der Waals surface area contributed by atoms with Crippen LogP contribution in [0.4, 0.5) is 10.1 Å². The third-order valence-corrected chi connectivity index (χ3v) is 3.46. The molecule has 0 bridgehead atoms. The van der Waals surface area contributed by atoms with Crippen molar-refractivity contribution in [2.24, 2.45) is 0 Å². The first-order valence-corrected chi connectivity index (χ1v) is 6.70. The Hall–Kier alpha value is -1.06.